The topological polar surface area (TPSA) is 105 Å². The molecule has 7 nitrogen and oxygen atoms in total. The minimum Gasteiger partial charge on any atom is -0.480 e. The number of aliphatic carboxylic acids is 1. The van der Waals surface area contributed by atoms with Crippen molar-refractivity contribution in [1.29, 1.82) is 0 Å². The van der Waals surface area contributed by atoms with Gasteiger partial charge in [-0.05, 0) is 59.9 Å². The van der Waals surface area contributed by atoms with Crippen molar-refractivity contribution in [2.45, 2.75) is 43.2 Å². The maximum Gasteiger partial charge on any atom is 0.407 e. The zero-order chi connectivity index (χ0) is 23.4. The average Bonchev–Trinajstić information content (AvgIpc) is 3.11. The van der Waals surface area contributed by atoms with Crippen LogP contribution in [0.5, 0.6) is 0 Å². The molecule has 174 valence electrons. The van der Waals surface area contributed by atoms with Crippen molar-refractivity contribution < 1.29 is 24.2 Å². The van der Waals surface area contributed by atoms with Gasteiger partial charge >= 0.3 is 12.1 Å². The van der Waals surface area contributed by atoms with E-state index in [2.05, 4.69) is 22.8 Å². The third kappa shape index (κ3) is 4.71. The van der Waals surface area contributed by atoms with Crippen molar-refractivity contribution in [3.05, 3.63) is 59.7 Å². The fourth-order valence-corrected chi connectivity index (χ4v) is 5.00. The molecule has 0 aliphatic heterocycles. The number of ether oxygens (including phenoxy) is 1. The molecule has 3 N–H and O–H groups in total. The van der Waals surface area contributed by atoms with E-state index in [0.717, 1.165) is 28.7 Å². The quantitative estimate of drug-likeness (QED) is 0.518. The summed E-state index contributed by atoms with van der Waals surface area (Å²) < 4.78 is 5.57. The number of amides is 2. The molecule has 0 unspecified atom stereocenters. The molecule has 1 fully saturated rings. The van der Waals surface area contributed by atoms with Crippen LogP contribution in [-0.4, -0.2) is 53.3 Å². The van der Waals surface area contributed by atoms with Crippen LogP contribution in [0.25, 0.3) is 11.1 Å². The molecule has 2 aromatic carbocycles. The number of hydrogen-bond donors (Lipinski definition) is 3. The summed E-state index contributed by atoms with van der Waals surface area (Å²) >= 11 is 1.55. The lowest BCUT2D eigenvalue weighted by molar-refractivity contribution is -0.152. The Labute approximate surface area is 197 Å². The van der Waals surface area contributed by atoms with Crippen molar-refractivity contribution in [2.75, 3.05) is 18.6 Å². The maximum absolute atomic E-state index is 12.8. The number of nitrogens with one attached hydrogen (secondary N) is 2. The van der Waals surface area contributed by atoms with Gasteiger partial charge < -0.3 is 20.5 Å². The van der Waals surface area contributed by atoms with Gasteiger partial charge in [0, 0.05) is 5.92 Å². The van der Waals surface area contributed by atoms with Gasteiger partial charge in [0.2, 0.25) is 5.91 Å². The predicted octanol–water partition coefficient (Wildman–Crippen LogP) is 3.77. The van der Waals surface area contributed by atoms with Gasteiger partial charge in [-0.2, -0.15) is 11.8 Å². The normalized spacial score (nSPS) is 16.6. The van der Waals surface area contributed by atoms with Gasteiger partial charge in [-0.3, -0.25) is 4.79 Å². The zero-order valence-electron chi connectivity index (χ0n) is 18.5. The molecule has 0 spiro atoms. The van der Waals surface area contributed by atoms with Crippen LogP contribution in [0, 0.1) is 0 Å². The Morgan fingerprint density at radius 3 is 2.21 bits per heavy atom. The van der Waals surface area contributed by atoms with Crippen LogP contribution in [0.15, 0.2) is 48.5 Å². The first-order chi connectivity index (χ1) is 15.9. The summed E-state index contributed by atoms with van der Waals surface area (Å²) in [6.07, 6.45) is 3.15. The van der Waals surface area contributed by atoms with Crippen LogP contribution < -0.4 is 10.6 Å². The summed E-state index contributed by atoms with van der Waals surface area (Å²) in [6.45, 7) is 0.149. The number of hydrogen-bond acceptors (Lipinski definition) is 5. The van der Waals surface area contributed by atoms with E-state index in [4.69, 9.17) is 4.74 Å². The number of thioether (sulfide) groups is 1. The molecule has 2 aromatic rings. The zero-order valence-corrected chi connectivity index (χ0v) is 19.3. The van der Waals surface area contributed by atoms with Gasteiger partial charge in [0.05, 0.1) is 0 Å². The number of carbonyl (C=O) groups excluding carboxylic acids is 2. The Hall–Kier alpha value is -3.00. The lowest BCUT2D eigenvalue weighted by Crippen LogP contribution is -2.62. The molecule has 2 aliphatic rings. The number of rotatable bonds is 9. The monoisotopic (exact) mass is 468 g/mol. The highest BCUT2D eigenvalue weighted by atomic mass is 32.2. The highest BCUT2D eigenvalue weighted by molar-refractivity contribution is 7.98. The molecular formula is C25H28N2O5S. The molecule has 0 radical (unpaired) electrons. The van der Waals surface area contributed by atoms with Crippen molar-refractivity contribution in [3.63, 3.8) is 0 Å². The summed E-state index contributed by atoms with van der Waals surface area (Å²) in [5.41, 5.74) is 3.27. The molecule has 8 heteroatoms. The molecule has 0 heterocycles. The summed E-state index contributed by atoms with van der Waals surface area (Å²) in [4.78, 5) is 37.1. The van der Waals surface area contributed by atoms with Crippen molar-refractivity contribution in [1.82, 2.24) is 10.6 Å². The molecule has 4 rings (SSSR count). The molecule has 33 heavy (non-hydrogen) atoms. The second-order valence-electron chi connectivity index (χ2n) is 8.53. The molecule has 2 amide bonds. The largest absolute Gasteiger partial charge is 0.480 e. The molecule has 2 aliphatic carbocycles. The fraction of sp³-hybridized carbons (Fsp3) is 0.400. The molecule has 1 atom stereocenters. The first-order valence-electron chi connectivity index (χ1n) is 11.1. The highest BCUT2D eigenvalue weighted by Crippen LogP contribution is 2.44. The van der Waals surface area contributed by atoms with Gasteiger partial charge in [-0.25, -0.2) is 9.59 Å². The van der Waals surface area contributed by atoms with Gasteiger partial charge in [0.15, 0.2) is 0 Å². The second-order valence-corrected chi connectivity index (χ2v) is 9.52. The molecule has 0 aromatic heterocycles. The lowest BCUT2D eigenvalue weighted by Gasteiger charge is -2.39. The van der Waals surface area contributed by atoms with E-state index in [0.29, 0.717) is 25.0 Å². The van der Waals surface area contributed by atoms with Crippen molar-refractivity contribution in [2.24, 2.45) is 0 Å². The molecular weight excluding hydrogens is 440 g/mol. The molecule has 1 saturated carbocycles. The third-order valence-electron chi connectivity index (χ3n) is 6.54. The van der Waals surface area contributed by atoms with Gasteiger partial charge in [0.25, 0.3) is 0 Å². The van der Waals surface area contributed by atoms with E-state index in [1.807, 2.05) is 42.7 Å². The maximum atomic E-state index is 12.8. The van der Waals surface area contributed by atoms with E-state index >= 15 is 0 Å². The summed E-state index contributed by atoms with van der Waals surface area (Å²) in [5.74, 6) is -0.958. The van der Waals surface area contributed by atoms with E-state index in [9.17, 15) is 19.5 Å². The number of benzene rings is 2. The van der Waals surface area contributed by atoms with Crippen LogP contribution in [0.3, 0.4) is 0 Å². The van der Waals surface area contributed by atoms with Gasteiger partial charge in [-0.15, -0.1) is 0 Å². The Morgan fingerprint density at radius 2 is 1.70 bits per heavy atom. The van der Waals surface area contributed by atoms with Crippen LogP contribution >= 0.6 is 11.8 Å². The first kappa shape index (κ1) is 23.2. The minimum atomic E-state index is -1.22. The number of carboxylic acids is 1. The number of carboxylic acid groups (broad SMARTS) is 1. The lowest BCUT2D eigenvalue weighted by atomic mass is 9.76. The van der Waals surface area contributed by atoms with Crippen LogP contribution in [0.2, 0.25) is 0 Å². The van der Waals surface area contributed by atoms with Crippen LogP contribution in [-0.2, 0) is 14.3 Å². The Bertz CT molecular complexity index is 1010. The highest BCUT2D eigenvalue weighted by Gasteiger charge is 2.46. The fourth-order valence-electron chi connectivity index (χ4n) is 4.53. The Balaban J connectivity index is 1.41. The molecule has 0 bridgehead atoms. The van der Waals surface area contributed by atoms with E-state index in [-0.39, 0.29) is 12.5 Å². The Morgan fingerprint density at radius 1 is 1.09 bits per heavy atom. The summed E-state index contributed by atoms with van der Waals surface area (Å²) in [5, 5.41) is 14.8. The third-order valence-corrected chi connectivity index (χ3v) is 7.19. The van der Waals surface area contributed by atoms with Crippen molar-refractivity contribution in [3.8, 4) is 11.1 Å². The second kappa shape index (κ2) is 9.87. The predicted molar refractivity (Wildman–Crippen MR) is 127 cm³/mol. The van der Waals surface area contributed by atoms with Gasteiger partial charge in [-0.1, -0.05) is 48.5 Å². The summed E-state index contributed by atoms with van der Waals surface area (Å²) in [7, 11) is 0. The number of carbonyl (C=O) groups is 3. The standard InChI is InChI=1S/C25H28N2O5S/c1-33-14-11-21(22(28)27-25(23(29)30)12-6-13-25)26-24(31)32-15-20-18-9-4-2-7-16(18)17-8-3-5-10-19(17)20/h2-5,7-10,20-21H,6,11-15H2,1H3,(H,26,31)(H,27,28)(H,29,30)/t21-/m1/s1. The number of fused-ring (bicyclic) bond motifs is 3. The number of alkyl carbamates (subject to hydrolysis) is 1. The van der Waals surface area contributed by atoms with E-state index in [1.54, 1.807) is 11.8 Å². The van der Waals surface area contributed by atoms with Crippen molar-refractivity contribution >= 4 is 29.7 Å². The Kier molecular flexibility index (Phi) is 6.93. The van der Waals surface area contributed by atoms with Crippen LogP contribution in [0.1, 0.15) is 42.7 Å². The van der Waals surface area contributed by atoms with E-state index in [1.165, 1.54) is 0 Å². The summed E-state index contributed by atoms with van der Waals surface area (Å²) in [6, 6.07) is 15.3. The van der Waals surface area contributed by atoms with Crippen LogP contribution in [0.4, 0.5) is 4.79 Å². The average molecular weight is 469 g/mol. The molecule has 0 saturated heterocycles. The smallest absolute Gasteiger partial charge is 0.407 e. The minimum absolute atomic E-state index is 0.0770. The van der Waals surface area contributed by atoms with Gasteiger partial charge in [0.1, 0.15) is 18.2 Å². The first-order valence-corrected chi connectivity index (χ1v) is 12.5. The SMILES string of the molecule is CSCC[C@@H](NC(=O)OCC1c2ccccc2-c2ccccc21)C(=O)NC1(C(=O)O)CCC1. The van der Waals surface area contributed by atoms with E-state index < -0.39 is 29.6 Å².